The Bertz CT molecular complexity index is 457. The summed E-state index contributed by atoms with van der Waals surface area (Å²) in [7, 11) is 0. The van der Waals surface area contributed by atoms with Gasteiger partial charge in [0.1, 0.15) is 5.82 Å². The highest BCUT2D eigenvalue weighted by Crippen LogP contribution is 2.14. The number of carboxylic acids is 1. The molecule has 19 heavy (non-hydrogen) atoms. The van der Waals surface area contributed by atoms with E-state index in [0.717, 1.165) is 25.6 Å². The zero-order chi connectivity index (χ0) is 14.3. The first-order valence-corrected chi connectivity index (χ1v) is 6.48. The molecular weight excluding hydrogens is 245 g/mol. The van der Waals surface area contributed by atoms with Gasteiger partial charge in [0, 0.05) is 18.2 Å². The van der Waals surface area contributed by atoms with Crippen molar-refractivity contribution in [3.63, 3.8) is 0 Å². The molecule has 0 spiro atoms. The molecule has 1 rings (SSSR count). The molecule has 1 aromatic carbocycles. The van der Waals surface area contributed by atoms with Crippen LogP contribution in [-0.4, -0.2) is 29.1 Å². The van der Waals surface area contributed by atoms with Crippen molar-refractivity contribution in [1.82, 2.24) is 4.90 Å². The van der Waals surface area contributed by atoms with E-state index in [1.165, 1.54) is 12.1 Å². The number of rotatable bonds is 7. The molecule has 0 aliphatic rings. The first-order chi connectivity index (χ1) is 9.06. The van der Waals surface area contributed by atoms with Gasteiger partial charge in [-0.2, -0.15) is 0 Å². The van der Waals surface area contributed by atoms with Crippen molar-refractivity contribution in [3.8, 4) is 0 Å². The Labute approximate surface area is 113 Å². The van der Waals surface area contributed by atoms with E-state index in [-0.39, 0.29) is 5.82 Å². The molecule has 0 bridgehead atoms. The Morgan fingerprint density at radius 3 is 2.68 bits per heavy atom. The molecule has 0 aliphatic carbocycles. The van der Waals surface area contributed by atoms with Crippen LogP contribution >= 0.6 is 0 Å². The number of halogens is 1. The van der Waals surface area contributed by atoms with Crippen LogP contribution in [0, 0.1) is 5.82 Å². The molecule has 0 saturated carbocycles. The highest BCUT2D eigenvalue weighted by molar-refractivity contribution is 5.85. The molecule has 0 saturated heterocycles. The SMILES string of the molecule is CCCN(CC)Cc1ccc(/C=C/C(=O)O)cc1F. The molecule has 4 heteroatoms. The van der Waals surface area contributed by atoms with Gasteiger partial charge in [-0.05, 0) is 37.2 Å². The highest BCUT2D eigenvalue weighted by atomic mass is 19.1. The molecule has 0 amide bonds. The van der Waals surface area contributed by atoms with E-state index in [2.05, 4.69) is 18.7 Å². The third kappa shape index (κ3) is 5.22. The third-order valence-electron chi connectivity index (χ3n) is 2.88. The van der Waals surface area contributed by atoms with Crippen LogP contribution in [0.2, 0.25) is 0 Å². The van der Waals surface area contributed by atoms with Crippen molar-refractivity contribution >= 4 is 12.0 Å². The minimum atomic E-state index is -1.04. The summed E-state index contributed by atoms with van der Waals surface area (Å²) < 4.78 is 13.9. The fourth-order valence-corrected chi connectivity index (χ4v) is 1.87. The van der Waals surface area contributed by atoms with Crippen molar-refractivity contribution < 1.29 is 14.3 Å². The van der Waals surface area contributed by atoms with Crippen LogP contribution in [-0.2, 0) is 11.3 Å². The van der Waals surface area contributed by atoms with Crippen LogP contribution in [0.25, 0.3) is 6.08 Å². The molecule has 0 fully saturated rings. The van der Waals surface area contributed by atoms with Crippen molar-refractivity contribution in [1.29, 1.82) is 0 Å². The number of hydrogen-bond donors (Lipinski definition) is 1. The van der Waals surface area contributed by atoms with E-state index in [9.17, 15) is 9.18 Å². The largest absolute Gasteiger partial charge is 0.478 e. The average Bonchev–Trinajstić information content (AvgIpc) is 2.38. The lowest BCUT2D eigenvalue weighted by Gasteiger charge is -2.19. The quantitative estimate of drug-likeness (QED) is 0.770. The van der Waals surface area contributed by atoms with Gasteiger partial charge in [0.2, 0.25) is 0 Å². The summed E-state index contributed by atoms with van der Waals surface area (Å²) in [6, 6.07) is 4.82. The second-order valence-electron chi connectivity index (χ2n) is 4.39. The van der Waals surface area contributed by atoms with Gasteiger partial charge in [-0.15, -0.1) is 0 Å². The van der Waals surface area contributed by atoms with Gasteiger partial charge in [0.25, 0.3) is 0 Å². The minimum Gasteiger partial charge on any atom is -0.478 e. The smallest absolute Gasteiger partial charge is 0.328 e. The molecule has 0 aromatic heterocycles. The predicted octanol–water partition coefficient (Wildman–Crippen LogP) is 3.16. The lowest BCUT2D eigenvalue weighted by molar-refractivity contribution is -0.131. The van der Waals surface area contributed by atoms with Crippen molar-refractivity contribution in [2.45, 2.75) is 26.8 Å². The summed E-state index contributed by atoms with van der Waals surface area (Å²) in [4.78, 5) is 12.6. The molecule has 3 nitrogen and oxygen atoms in total. The first-order valence-electron chi connectivity index (χ1n) is 6.48. The van der Waals surface area contributed by atoms with Crippen molar-refractivity contribution in [3.05, 3.63) is 41.2 Å². The van der Waals surface area contributed by atoms with Gasteiger partial charge < -0.3 is 5.11 Å². The Balaban J connectivity index is 2.79. The third-order valence-corrected chi connectivity index (χ3v) is 2.88. The highest BCUT2D eigenvalue weighted by Gasteiger charge is 2.07. The van der Waals surface area contributed by atoms with Gasteiger partial charge in [-0.25, -0.2) is 9.18 Å². The molecule has 0 atom stereocenters. The molecular formula is C15H20FNO2. The van der Waals surface area contributed by atoms with Crippen LogP contribution < -0.4 is 0 Å². The summed E-state index contributed by atoms with van der Waals surface area (Å²) >= 11 is 0. The Morgan fingerprint density at radius 1 is 1.42 bits per heavy atom. The van der Waals surface area contributed by atoms with E-state index < -0.39 is 5.97 Å². The number of carbonyl (C=O) groups is 1. The van der Waals surface area contributed by atoms with Crippen molar-refractivity contribution in [2.75, 3.05) is 13.1 Å². The molecule has 1 aromatic rings. The number of benzene rings is 1. The zero-order valence-electron chi connectivity index (χ0n) is 11.4. The fourth-order valence-electron chi connectivity index (χ4n) is 1.87. The van der Waals surface area contributed by atoms with E-state index >= 15 is 0 Å². The summed E-state index contributed by atoms with van der Waals surface area (Å²) in [5.74, 6) is -1.33. The number of hydrogen-bond acceptors (Lipinski definition) is 2. The molecule has 104 valence electrons. The summed E-state index contributed by atoms with van der Waals surface area (Å²) in [6.45, 7) is 6.56. The number of nitrogens with zero attached hydrogens (tertiary/aromatic N) is 1. The van der Waals surface area contributed by atoms with E-state index in [4.69, 9.17) is 5.11 Å². The number of aliphatic carboxylic acids is 1. The monoisotopic (exact) mass is 265 g/mol. The van der Waals surface area contributed by atoms with Crippen LogP contribution in [0.5, 0.6) is 0 Å². The number of carboxylic acid groups (broad SMARTS) is 1. The molecule has 0 unspecified atom stereocenters. The standard InChI is InChI=1S/C15H20FNO2/c1-3-9-17(4-2)11-13-7-5-12(10-14(13)16)6-8-15(18)19/h5-8,10H,3-4,9,11H2,1-2H3,(H,18,19)/b8-6+. The van der Waals surface area contributed by atoms with Gasteiger partial charge >= 0.3 is 5.97 Å². The molecule has 0 aliphatic heterocycles. The van der Waals surface area contributed by atoms with E-state index in [1.54, 1.807) is 12.1 Å². The Kier molecular flexibility index (Phi) is 6.22. The minimum absolute atomic E-state index is 0.290. The summed E-state index contributed by atoms with van der Waals surface area (Å²) in [5, 5.41) is 8.52. The molecule has 0 radical (unpaired) electrons. The Hall–Kier alpha value is -1.68. The lowest BCUT2D eigenvalue weighted by atomic mass is 10.1. The average molecular weight is 265 g/mol. The topological polar surface area (TPSA) is 40.5 Å². The maximum Gasteiger partial charge on any atom is 0.328 e. The maximum absolute atomic E-state index is 13.9. The van der Waals surface area contributed by atoms with Gasteiger partial charge in [0.05, 0.1) is 0 Å². The molecule has 0 heterocycles. The van der Waals surface area contributed by atoms with E-state index in [0.29, 0.717) is 17.7 Å². The molecule has 1 N–H and O–H groups in total. The van der Waals surface area contributed by atoms with Gasteiger partial charge in [-0.1, -0.05) is 26.0 Å². The lowest BCUT2D eigenvalue weighted by Crippen LogP contribution is -2.24. The van der Waals surface area contributed by atoms with Crippen molar-refractivity contribution in [2.24, 2.45) is 0 Å². The van der Waals surface area contributed by atoms with Crippen LogP contribution in [0.3, 0.4) is 0 Å². The van der Waals surface area contributed by atoms with E-state index in [1.807, 2.05) is 0 Å². The zero-order valence-corrected chi connectivity index (χ0v) is 11.4. The fraction of sp³-hybridized carbons (Fsp3) is 0.400. The summed E-state index contributed by atoms with van der Waals surface area (Å²) in [5.41, 5.74) is 1.20. The normalized spacial score (nSPS) is 11.4. The summed E-state index contributed by atoms with van der Waals surface area (Å²) in [6.07, 6.45) is 3.43. The second kappa shape index (κ2) is 7.69. The Morgan fingerprint density at radius 2 is 2.16 bits per heavy atom. The van der Waals surface area contributed by atoms with Gasteiger partial charge in [-0.3, -0.25) is 4.90 Å². The van der Waals surface area contributed by atoms with Crippen LogP contribution in [0.15, 0.2) is 24.3 Å². The second-order valence-corrected chi connectivity index (χ2v) is 4.39. The first kappa shape index (κ1) is 15.4. The van der Waals surface area contributed by atoms with Crippen LogP contribution in [0.1, 0.15) is 31.4 Å². The van der Waals surface area contributed by atoms with Gasteiger partial charge in [0.15, 0.2) is 0 Å². The van der Waals surface area contributed by atoms with Crippen LogP contribution in [0.4, 0.5) is 4.39 Å². The maximum atomic E-state index is 13.9. The predicted molar refractivity (Wildman–Crippen MR) is 74.3 cm³/mol.